The van der Waals surface area contributed by atoms with Crippen LogP contribution in [-0.4, -0.2) is 22.1 Å². The van der Waals surface area contributed by atoms with Crippen molar-refractivity contribution in [3.05, 3.63) is 99.4 Å². The van der Waals surface area contributed by atoms with E-state index in [9.17, 15) is 9.59 Å². The molecule has 0 aliphatic heterocycles. The molecule has 0 unspecified atom stereocenters. The molecule has 0 radical (unpaired) electrons. The van der Waals surface area contributed by atoms with Crippen molar-refractivity contribution in [3.63, 3.8) is 0 Å². The highest BCUT2D eigenvalue weighted by molar-refractivity contribution is 6.30. The first kappa shape index (κ1) is 18.1. The first-order valence-electron chi connectivity index (χ1n) is 8.86. The Morgan fingerprint density at radius 1 is 0.964 bits per heavy atom. The van der Waals surface area contributed by atoms with Gasteiger partial charge in [-0.25, -0.2) is 0 Å². The number of rotatable bonds is 4. The largest absolute Gasteiger partial charge is 0.354 e. The lowest BCUT2D eigenvalue weighted by Crippen LogP contribution is -2.22. The molecule has 0 bridgehead atoms. The first-order valence-corrected chi connectivity index (χ1v) is 9.23. The molecule has 0 fully saturated rings. The quantitative estimate of drug-likeness (QED) is 0.574. The van der Waals surface area contributed by atoms with Crippen molar-refractivity contribution < 1.29 is 4.79 Å². The topological polar surface area (TPSA) is 56.0 Å². The van der Waals surface area contributed by atoms with Crippen molar-refractivity contribution in [2.24, 2.45) is 0 Å². The number of para-hydroxylation sites is 1. The number of carbonyl (C=O) groups is 1. The van der Waals surface area contributed by atoms with Crippen LogP contribution in [0.2, 0.25) is 5.02 Å². The van der Waals surface area contributed by atoms with Crippen LogP contribution < -0.4 is 10.9 Å². The Kier molecular flexibility index (Phi) is 4.75. The van der Waals surface area contributed by atoms with E-state index in [0.717, 1.165) is 16.8 Å². The molecule has 6 heteroatoms. The van der Waals surface area contributed by atoms with Crippen LogP contribution in [0.25, 0.3) is 16.7 Å². The summed E-state index contributed by atoms with van der Waals surface area (Å²) in [6, 6.07) is 21.9. The van der Waals surface area contributed by atoms with Gasteiger partial charge in [0.25, 0.3) is 11.5 Å². The van der Waals surface area contributed by atoms with Crippen molar-refractivity contribution >= 4 is 28.5 Å². The molecule has 4 rings (SSSR count). The molecule has 1 amide bonds. The van der Waals surface area contributed by atoms with Crippen molar-refractivity contribution in [2.45, 2.75) is 6.54 Å². The molecule has 28 heavy (non-hydrogen) atoms. The van der Waals surface area contributed by atoms with E-state index in [1.165, 1.54) is 6.07 Å². The molecular formula is C22H18ClN3O2. The average Bonchev–Trinajstić information content (AvgIpc) is 3.06. The van der Waals surface area contributed by atoms with E-state index in [1.807, 2.05) is 59.2 Å². The number of benzene rings is 2. The van der Waals surface area contributed by atoms with Gasteiger partial charge >= 0.3 is 0 Å². The summed E-state index contributed by atoms with van der Waals surface area (Å²) in [5, 5.41) is 3.32. The number of carbonyl (C=O) groups excluding carboxylic acids is 1. The van der Waals surface area contributed by atoms with Crippen LogP contribution in [0.4, 0.5) is 0 Å². The second-order valence-corrected chi connectivity index (χ2v) is 6.87. The standard InChI is InChI=1S/C22H18ClN3O2/c1-24-22(28)20-13-19-18(25(20)14-15-6-5-7-16(23)12-15)10-11-21(27)26(19)17-8-3-2-4-9-17/h2-13H,14H2,1H3,(H,24,28). The smallest absolute Gasteiger partial charge is 0.267 e. The summed E-state index contributed by atoms with van der Waals surface area (Å²) >= 11 is 6.12. The average molecular weight is 392 g/mol. The molecular weight excluding hydrogens is 374 g/mol. The fourth-order valence-electron chi connectivity index (χ4n) is 3.40. The van der Waals surface area contributed by atoms with Crippen LogP contribution >= 0.6 is 11.6 Å². The molecule has 0 spiro atoms. The summed E-state index contributed by atoms with van der Waals surface area (Å²) in [4.78, 5) is 25.2. The third-order valence-electron chi connectivity index (χ3n) is 4.67. The van der Waals surface area contributed by atoms with E-state index in [2.05, 4.69) is 5.32 Å². The highest BCUT2D eigenvalue weighted by Crippen LogP contribution is 2.23. The van der Waals surface area contributed by atoms with Crippen molar-refractivity contribution in [3.8, 4) is 5.69 Å². The third-order valence-corrected chi connectivity index (χ3v) is 4.90. The van der Waals surface area contributed by atoms with Crippen LogP contribution in [0.15, 0.2) is 77.6 Å². The number of aromatic nitrogens is 2. The van der Waals surface area contributed by atoms with Gasteiger partial charge < -0.3 is 9.88 Å². The Hall–Kier alpha value is -3.31. The Labute approximate surface area is 166 Å². The van der Waals surface area contributed by atoms with Crippen LogP contribution in [-0.2, 0) is 6.54 Å². The normalized spacial score (nSPS) is 10.9. The van der Waals surface area contributed by atoms with Gasteiger partial charge in [0, 0.05) is 30.4 Å². The number of nitrogens with one attached hydrogen (secondary N) is 1. The predicted octanol–water partition coefficient (Wildman–Crippen LogP) is 3.85. The van der Waals surface area contributed by atoms with Gasteiger partial charge in [0.05, 0.1) is 11.0 Å². The van der Waals surface area contributed by atoms with Gasteiger partial charge in [-0.05, 0) is 42.0 Å². The van der Waals surface area contributed by atoms with Gasteiger partial charge in [-0.2, -0.15) is 0 Å². The molecule has 0 aliphatic carbocycles. The van der Waals surface area contributed by atoms with Crippen LogP contribution in [0.3, 0.4) is 0 Å². The summed E-state index contributed by atoms with van der Waals surface area (Å²) in [7, 11) is 1.59. The van der Waals surface area contributed by atoms with E-state index < -0.39 is 0 Å². The molecule has 1 N–H and O–H groups in total. The molecule has 0 saturated carbocycles. The monoisotopic (exact) mass is 391 g/mol. The Morgan fingerprint density at radius 2 is 1.75 bits per heavy atom. The Bertz CT molecular complexity index is 1230. The zero-order chi connectivity index (χ0) is 19.7. The number of hydrogen-bond acceptors (Lipinski definition) is 2. The number of hydrogen-bond donors (Lipinski definition) is 1. The molecule has 2 heterocycles. The van der Waals surface area contributed by atoms with E-state index in [4.69, 9.17) is 11.6 Å². The molecule has 4 aromatic rings. The lowest BCUT2D eigenvalue weighted by molar-refractivity contribution is 0.0955. The van der Waals surface area contributed by atoms with Gasteiger partial charge in [0.15, 0.2) is 0 Å². The van der Waals surface area contributed by atoms with Gasteiger partial charge in [0.2, 0.25) is 0 Å². The summed E-state index contributed by atoms with van der Waals surface area (Å²) in [5.74, 6) is -0.217. The lowest BCUT2D eigenvalue weighted by Gasteiger charge is -2.11. The second-order valence-electron chi connectivity index (χ2n) is 6.44. The molecule has 0 saturated heterocycles. The highest BCUT2D eigenvalue weighted by atomic mass is 35.5. The maximum absolute atomic E-state index is 12.6. The minimum Gasteiger partial charge on any atom is -0.354 e. The lowest BCUT2D eigenvalue weighted by atomic mass is 10.2. The molecule has 0 aliphatic rings. The minimum atomic E-state index is -0.217. The van der Waals surface area contributed by atoms with Crippen molar-refractivity contribution in [1.29, 1.82) is 0 Å². The number of amides is 1. The van der Waals surface area contributed by atoms with E-state index >= 15 is 0 Å². The summed E-state index contributed by atoms with van der Waals surface area (Å²) < 4.78 is 3.52. The molecule has 5 nitrogen and oxygen atoms in total. The number of fused-ring (bicyclic) bond motifs is 1. The SMILES string of the molecule is CNC(=O)c1cc2c(ccc(=O)n2-c2ccccc2)n1Cc1cccc(Cl)c1. The van der Waals surface area contributed by atoms with E-state index in [0.29, 0.717) is 22.8 Å². The number of pyridine rings is 1. The summed E-state index contributed by atoms with van der Waals surface area (Å²) in [6.45, 7) is 0.458. The van der Waals surface area contributed by atoms with E-state index in [1.54, 1.807) is 23.7 Å². The predicted molar refractivity (Wildman–Crippen MR) is 111 cm³/mol. The van der Waals surface area contributed by atoms with Crippen LogP contribution in [0.5, 0.6) is 0 Å². The van der Waals surface area contributed by atoms with Gasteiger partial charge in [0.1, 0.15) is 5.69 Å². The molecule has 2 aromatic carbocycles. The van der Waals surface area contributed by atoms with Crippen LogP contribution in [0.1, 0.15) is 16.1 Å². The minimum absolute atomic E-state index is 0.151. The summed E-state index contributed by atoms with van der Waals surface area (Å²) in [5.41, 5.74) is 3.52. The van der Waals surface area contributed by atoms with Gasteiger partial charge in [-0.3, -0.25) is 14.2 Å². The first-order chi connectivity index (χ1) is 13.6. The molecule has 140 valence electrons. The highest BCUT2D eigenvalue weighted by Gasteiger charge is 2.18. The molecule has 2 aromatic heterocycles. The van der Waals surface area contributed by atoms with E-state index in [-0.39, 0.29) is 11.5 Å². The van der Waals surface area contributed by atoms with Crippen molar-refractivity contribution in [2.75, 3.05) is 7.05 Å². The Balaban J connectivity index is 1.98. The van der Waals surface area contributed by atoms with Crippen molar-refractivity contribution in [1.82, 2.24) is 14.5 Å². The van der Waals surface area contributed by atoms with Gasteiger partial charge in [-0.15, -0.1) is 0 Å². The number of nitrogens with zero attached hydrogens (tertiary/aromatic N) is 2. The maximum atomic E-state index is 12.6. The fourth-order valence-corrected chi connectivity index (χ4v) is 3.61. The summed E-state index contributed by atoms with van der Waals surface area (Å²) in [6.07, 6.45) is 0. The maximum Gasteiger partial charge on any atom is 0.267 e. The third kappa shape index (κ3) is 3.21. The van der Waals surface area contributed by atoms with Crippen LogP contribution in [0, 0.1) is 0 Å². The van der Waals surface area contributed by atoms with Gasteiger partial charge in [-0.1, -0.05) is 41.9 Å². The zero-order valence-corrected chi connectivity index (χ0v) is 16.0. The molecule has 0 atom stereocenters. The number of halogens is 1. The Morgan fingerprint density at radius 3 is 2.46 bits per heavy atom. The zero-order valence-electron chi connectivity index (χ0n) is 15.2. The fraction of sp³-hybridized carbons (Fsp3) is 0.0909. The second kappa shape index (κ2) is 7.37.